The van der Waals surface area contributed by atoms with E-state index in [2.05, 4.69) is 12.2 Å². The van der Waals surface area contributed by atoms with Crippen molar-refractivity contribution in [2.75, 3.05) is 6.54 Å². The molecule has 19 heavy (non-hydrogen) atoms. The Labute approximate surface area is 119 Å². The zero-order chi connectivity index (χ0) is 14.3. The van der Waals surface area contributed by atoms with Gasteiger partial charge in [-0.1, -0.05) is 24.9 Å². The summed E-state index contributed by atoms with van der Waals surface area (Å²) in [5.74, 6) is 0.483. The number of hydrogen-bond donors (Lipinski definition) is 2. The molecule has 1 unspecified atom stereocenters. The van der Waals surface area contributed by atoms with Crippen molar-refractivity contribution in [3.63, 3.8) is 0 Å². The fourth-order valence-electron chi connectivity index (χ4n) is 1.60. The van der Waals surface area contributed by atoms with Gasteiger partial charge in [0.05, 0.1) is 0 Å². The van der Waals surface area contributed by atoms with Crippen molar-refractivity contribution in [1.82, 2.24) is 5.32 Å². The highest BCUT2D eigenvalue weighted by Crippen LogP contribution is 2.23. The molecule has 0 aliphatic heterocycles. The number of nitrogens with one attached hydrogen (secondary N) is 1. The number of benzene rings is 1. The highest BCUT2D eigenvalue weighted by Gasteiger charge is 2.15. The summed E-state index contributed by atoms with van der Waals surface area (Å²) >= 11 is 5.89. The number of rotatable bonds is 7. The van der Waals surface area contributed by atoms with Crippen molar-refractivity contribution in [2.45, 2.75) is 39.3 Å². The molecule has 1 amide bonds. The van der Waals surface area contributed by atoms with Crippen LogP contribution in [0.4, 0.5) is 0 Å². The molecule has 106 valence electrons. The molecule has 0 spiro atoms. The van der Waals surface area contributed by atoms with Gasteiger partial charge in [-0.05, 0) is 31.5 Å². The van der Waals surface area contributed by atoms with Crippen molar-refractivity contribution >= 4 is 17.5 Å². The molecule has 0 saturated carbocycles. The molecule has 4 nitrogen and oxygen atoms in total. The van der Waals surface area contributed by atoms with E-state index in [1.807, 2.05) is 0 Å². The van der Waals surface area contributed by atoms with Crippen LogP contribution in [0.1, 0.15) is 32.3 Å². The fourth-order valence-corrected chi connectivity index (χ4v) is 1.79. The molecule has 0 saturated heterocycles. The number of ether oxygens (including phenoxy) is 1. The maximum Gasteiger partial charge on any atom is 0.260 e. The number of hydrogen-bond acceptors (Lipinski definition) is 3. The van der Waals surface area contributed by atoms with E-state index in [-0.39, 0.29) is 5.91 Å². The minimum Gasteiger partial charge on any atom is -0.481 e. The van der Waals surface area contributed by atoms with E-state index in [0.29, 0.717) is 23.9 Å². The summed E-state index contributed by atoms with van der Waals surface area (Å²) in [5, 5.41) is 3.44. The average molecular weight is 285 g/mol. The lowest BCUT2D eigenvalue weighted by molar-refractivity contribution is -0.127. The van der Waals surface area contributed by atoms with E-state index in [4.69, 9.17) is 22.1 Å². The van der Waals surface area contributed by atoms with Crippen LogP contribution in [0, 0.1) is 0 Å². The zero-order valence-corrected chi connectivity index (χ0v) is 12.2. The van der Waals surface area contributed by atoms with Crippen molar-refractivity contribution in [3.05, 3.63) is 28.8 Å². The van der Waals surface area contributed by atoms with Gasteiger partial charge in [0.25, 0.3) is 5.91 Å². The second-order valence-electron chi connectivity index (χ2n) is 4.36. The predicted octanol–water partition coefficient (Wildman–Crippen LogP) is 2.48. The number of carbonyl (C=O) groups is 1. The maximum absolute atomic E-state index is 11.8. The Kier molecular flexibility index (Phi) is 6.67. The van der Waals surface area contributed by atoms with E-state index in [0.717, 1.165) is 18.4 Å². The zero-order valence-electron chi connectivity index (χ0n) is 11.4. The summed E-state index contributed by atoms with van der Waals surface area (Å²) in [6.07, 6.45) is 1.46. The topological polar surface area (TPSA) is 64.3 Å². The van der Waals surface area contributed by atoms with Gasteiger partial charge in [-0.25, -0.2) is 0 Å². The lowest BCUT2D eigenvalue weighted by Gasteiger charge is -2.17. The summed E-state index contributed by atoms with van der Waals surface area (Å²) in [4.78, 5) is 11.8. The van der Waals surface area contributed by atoms with Gasteiger partial charge in [-0.2, -0.15) is 0 Å². The van der Waals surface area contributed by atoms with Crippen LogP contribution in [0.15, 0.2) is 18.2 Å². The SMILES string of the molecule is CCCCNC(=O)C(C)Oc1ccc(Cl)cc1CN. The number of carbonyl (C=O) groups excluding carboxylic acids is 1. The number of halogens is 1. The molecule has 1 atom stereocenters. The Balaban J connectivity index is 2.60. The van der Waals surface area contributed by atoms with Gasteiger partial charge in [0.2, 0.25) is 0 Å². The molecule has 0 bridgehead atoms. The summed E-state index contributed by atoms with van der Waals surface area (Å²) in [6, 6.07) is 5.21. The lowest BCUT2D eigenvalue weighted by atomic mass is 10.2. The maximum atomic E-state index is 11.8. The Morgan fingerprint density at radius 1 is 1.53 bits per heavy atom. The minimum atomic E-state index is -0.552. The van der Waals surface area contributed by atoms with E-state index >= 15 is 0 Å². The number of amides is 1. The third kappa shape index (κ3) is 5.09. The summed E-state index contributed by atoms with van der Waals surface area (Å²) < 4.78 is 5.63. The van der Waals surface area contributed by atoms with Gasteiger partial charge in [0.1, 0.15) is 5.75 Å². The molecule has 0 aromatic heterocycles. The molecule has 1 aromatic carbocycles. The molecule has 0 heterocycles. The van der Waals surface area contributed by atoms with E-state index in [1.54, 1.807) is 25.1 Å². The Bertz CT molecular complexity index is 424. The first kappa shape index (κ1) is 15.8. The number of unbranched alkanes of at least 4 members (excludes halogenated alkanes) is 1. The summed E-state index contributed by atoms with van der Waals surface area (Å²) in [7, 11) is 0. The minimum absolute atomic E-state index is 0.119. The quantitative estimate of drug-likeness (QED) is 0.756. The Morgan fingerprint density at radius 3 is 2.89 bits per heavy atom. The highest BCUT2D eigenvalue weighted by molar-refractivity contribution is 6.30. The predicted molar refractivity (Wildman–Crippen MR) is 77.4 cm³/mol. The van der Waals surface area contributed by atoms with Crippen LogP contribution in [0.25, 0.3) is 0 Å². The Hall–Kier alpha value is -1.26. The Morgan fingerprint density at radius 2 is 2.26 bits per heavy atom. The molecule has 3 N–H and O–H groups in total. The number of nitrogens with two attached hydrogens (primary N) is 1. The fraction of sp³-hybridized carbons (Fsp3) is 0.500. The molecule has 0 aliphatic carbocycles. The van der Waals surface area contributed by atoms with Crippen molar-refractivity contribution < 1.29 is 9.53 Å². The van der Waals surface area contributed by atoms with Crippen molar-refractivity contribution in [2.24, 2.45) is 5.73 Å². The molecular weight excluding hydrogens is 264 g/mol. The van der Waals surface area contributed by atoms with Gasteiger partial charge in [-0.15, -0.1) is 0 Å². The van der Waals surface area contributed by atoms with Crippen LogP contribution < -0.4 is 15.8 Å². The largest absolute Gasteiger partial charge is 0.481 e. The van der Waals surface area contributed by atoms with Crippen LogP contribution in [0.3, 0.4) is 0 Å². The van der Waals surface area contributed by atoms with Crippen LogP contribution in [0.2, 0.25) is 5.02 Å². The lowest BCUT2D eigenvalue weighted by Crippen LogP contribution is -2.37. The molecule has 1 rings (SSSR count). The van der Waals surface area contributed by atoms with Gasteiger partial charge >= 0.3 is 0 Å². The molecule has 0 fully saturated rings. The third-order valence-corrected chi connectivity index (χ3v) is 2.98. The van der Waals surface area contributed by atoms with E-state index < -0.39 is 6.10 Å². The molecule has 0 radical (unpaired) electrons. The van der Waals surface area contributed by atoms with Gasteiger partial charge in [0.15, 0.2) is 6.10 Å². The van der Waals surface area contributed by atoms with Crippen LogP contribution in [-0.2, 0) is 11.3 Å². The van der Waals surface area contributed by atoms with Crippen molar-refractivity contribution in [1.29, 1.82) is 0 Å². The first-order chi connectivity index (χ1) is 9.08. The molecule has 0 aliphatic rings. The third-order valence-electron chi connectivity index (χ3n) is 2.74. The molecule has 1 aromatic rings. The van der Waals surface area contributed by atoms with Gasteiger partial charge in [0, 0.05) is 23.7 Å². The second kappa shape index (κ2) is 8.02. The highest BCUT2D eigenvalue weighted by atomic mass is 35.5. The normalized spacial score (nSPS) is 12.0. The van der Waals surface area contributed by atoms with E-state index in [9.17, 15) is 4.79 Å². The first-order valence-electron chi connectivity index (χ1n) is 6.51. The van der Waals surface area contributed by atoms with E-state index in [1.165, 1.54) is 0 Å². The van der Waals surface area contributed by atoms with Crippen molar-refractivity contribution in [3.8, 4) is 5.75 Å². The molecular formula is C14H21ClN2O2. The van der Waals surface area contributed by atoms with Gasteiger partial charge < -0.3 is 15.8 Å². The first-order valence-corrected chi connectivity index (χ1v) is 6.89. The van der Waals surface area contributed by atoms with Crippen LogP contribution in [-0.4, -0.2) is 18.6 Å². The molecule has 5 heteroatoms. The second-order valence-corrected chi connectivity index (χ2v) is 4.80. The smallest absolute Gasteiger partial charge is 0.260 e. The van der Waals surface area contributed by atoms with Gasteiger partial charge in [-0.3, -0.25) is 4.79 Å². The summed E-state index contributed by atoms with van der Waals surface area (Å²) in [6.45, 7) is 4.79. The summed E-state index contributed by atoms with van der Waals surface area (Å²) in [5.41, 5.74) is 6.42. The monoisotopic (exact) mass is 284 g/mol. The standard InChI is InChI=1S/C14H21ClN2O2/c1-3-4-7-17-14(18)10(2)19-13-6-5-12(15)8-11(13)9-16/h5-6,8,10H,3-4,7,9,16H2,1-2H3,(H,17,18). The van der Waals surface area contributed by atoms with Crippen LogP contribution >= 0.6 is 11.6 Å². The average Bonchev–Trinajstić information content (AvgIpc) is 2.40. The van der Waals surface area contributed by atoms with Crippen LogP contribution in [0.5, 0.6) is 5.75 Å².